The first-order chi connectivity index (χ1) is 8.06. The van der Waals surface area contributed by atoms with Gasteiger partial charge in [-0.2, -0.15) is 0 Å². The number of fused-ring (bicyclic) bond motifs is 1. The van der Waals surface area contributed by atoms with Crippen LogP contribution in [0.1, 0.15) is 31.4 Å². The van der Waals surface area contributed by atoms with Gasteiger partial charge < -0.3 is 10.1 Å². The van der Waals surface area contributed by atoms with Crippen molar-refractivity contribution >= 4 is 6.08 Å². The fourth-order valence-electron chi connectivity index (χ4n) is 2.25. The Morgan fingerprint density at radius 1 is 1.24 bits per heavy atom. The zero-order chi connectivity index (χ0) is 12.5. The summed E-state index contributed by atoms with van der Waals surface area (Å²) in [5, 5.41) is 3.37. The van der Waals surface area contributed by atoms with Gasteiger partial charge in [-0.25, -0.2) is 0 Å². The van der Waals surface area contributed by atoms with E-state index in [1.54, 1.807) is 7.11 Å². The van der Waals surface area contributed by atoms with Crippen molar-refractivity contribution in [3.05, 3.63) is 34.9 Å². The van der Waals surface area contributed by atoms with Gasteiger partial charge in [-0.1, -0.05) is 12.1 Å². The molecule has 92 valence electrons. The van der Waals surface area contributed by atoms with E-state index in [4.69, 9.17) is 4.74 Å². The Kier molecular flexibility index (Phi) is 3.25. The molecule has 0 saturated carbocycles. The first-order valence-corrected chi connectivity index (χ1v) is 6.13. The number of methoxy groups -OCH3 is 1. The van der Waals surface area contributed by atoms with E-state index in [-0.39, 0.29) is 5.54 Å². The number of ether oxygens (including phenoxy) is 1. The highest BCUT2D eigenvalue weighted by Gasteiger charge is 2.23. The van der Waals surface area contributed by atoms with Crippen molar-refractivity contribution in [1.29, 1.82) is 0 Å². The summed E-state index contributed by atoms with van der Waals surface area (Å²) in [6.45, 7) is 4.46. The minimum Gasteiger partial charge on any atom is -0.497 e. The van der Waals surface area contributed by atoms with Crippen LogP contribution in [-0.2, 0) is 6.42 Å². The van der Waals surface area contributed by atoms with E-state index in [0.717, 1.165) is 18.6 Å². The Morgan fingerprint density at radius 2 is 2.00 bits per heavy atom. The van der Waals surface area contributed by atoms with E-state index < -0.39 is 0 Å². The van der Waals surface area contributed by atoms with E-state index in [2.05, 4.69) is 37.4 Å². The molecule has 0 heterocycles. The molecule has 2 rings (SSSR count). The molecule has 0 spiro atoms. The van der Waals surface area contributed by atoms with Crippen LogP contribution >= 0.6 is 0 Å². The smallest absolute Gasteiger partial charge is 0.119 e. The van der Waals surface area contributed by atoms with Gasteiger partial charge in [0.25, 0.3) is 0 Å². The Labute approximate surface area is 104 Å². The van der Waals surface area contributed by atoms with Crippen LogP contribution < -0.4 is 10.1 Å². The van der Waals surface area contributed by atoms with Gasteiger partial charge in [0.05, 0.1) is 7.11 Å². The van der Waals surface area contributed by atoms with Crippen molar-refractivity contribution in [3.63, 3.8) is 0 Å². The second kappa shape index (κ2) is 4.53. The van der Waals surface area contributed by atoms with E-state index >= 15 is 0 Å². The Bertz CT molecular complexity index is 446. The first kappa shape index (κ1) is 12.2. The van der Waals surface area contributed by atoms with E-state index in [9.17, 15) is 0 Å². The molecule has 1 aliphatic carbocycles. The first-order valence-electron chi connectivity index (χ1n) is 6.13. The third kappa shape index (κ3) is 2.37. The van der Waals surface area contributed by atoms with Gasteiger partial charge in [0.15, 0.2) is 0 Å². The van der Waals surface area contributed by atoms with Gasteiger partial charge in [0.2, 0.25) is 0 Å². The number of hydrogen-bond donors (Lipinski definition) is 1. The number of hydrogen-bond acceptors (Lipinski definition) is 2. The van der Waals surface area contributed by atoms with Gasteiger partial charge in [-0.15, -0.1) is 0 Å². The quantitative estimate of drug-likeness (QED) is 0.863. The Balaban J connectivity index is 2.36. The molecule has 2 heteroatoms. The lowest BCUT2D eigenvalue weighted by Gasteiger charge is -2.31. The molecule has 0 amide bonds. The normalized spacial score (nSPS) is 15.2. The zero-order valence-electron chi connectivity index (χ0n) is 11.1. The van der Waals surface area contributed by atoms with Gasteiger partial charge >= 0.3 is 0 Å². The predicted molar refractivity (Wildman–Crippen MR) is 72.4 cm³/mol. The summed E-state index contributed by atoms with van der Waals surface area (Å²) in [6.07, 6.45) is 4.53. The molecule has 0 aliphatic heterocycles. The van der Waals surface area contributed by atoms with Crippen LogP contribution in [0.2, 0.25) is 0 Å². The SMILES string of the molecule is CNC(C)(C)C1=Cc2ccc(OC)cc2CC1. The molecular weight excluding hydrogens is 210 g/mol. The Hall–Kier alpha value is -1.28. The fourth-order valence-corrected chi connectivity index (χ4v) is 2.25. The standard InChI is InChI=1S/C15H21NO/c1-15(2,16-3)13-7-5-12-10-14(17-4)8-6-11(12)9-13/h6,8-10,16H,5,7H2,1-4H3. The van der Waals surface area contributed by atoms with Gasteiger partial charge in [0, 0.05) is 5.54 Å². The zero-order valence-corrected chi connectivity index (χ0v) is 11.1. The fraction of sp³-hybridized carbons (Fsp3) is 0.467. The molecule has 1 aliphatic rings. The highest BCUT2D eigenvalue weighted by molar-refractivity contribution is 5.62. The van der Waals surface area contributed by atoms with Gasteiger partial charge in [-0.05, 0) is 62.6 Å². The summed E-state index contributed by atoms with van der Waals surface area (Å²) >= 11 is 0. The molecular formula is C15H21NO. The molecule has 0 atom stereocenters. The monoisotopic (exact) mass is 231 g/mol. The summed E-state index contributed by atoms with van der Waals surface area (Å²) in [5.41, 5.74) is 4.27. The molecule has 1 aromatic rings. The summed E-state index contributed by atoms with van der Waals surface area (Å²) in [6, 6.07) is 6.33. The number of likely N-dealkylation sites (N-methyl/N-ethyl adjacent to an activating group) is 1. The van der Waals surface area contributed by atoms with Crippen LogP contribution in [0.4, 0.5) is 0 Å². The largest absolute Gasteiger partial charge is 0.497 e. The molecule has 0 radical (unpaired) electrons. The van der Waals surface area contributed by atoms with Crippen molar-refractivity contribution in [2.24, 2.45) is 0 Å². The maximum atomic E-state index is 5.26. The summed E-state index contributed by atoms with van der Waals surface area (Å²) < 4.78 is 5.26. The van der Waals surface area contributed by atoms with Crippen molar-refractivity contribution in [3.8, 4) is 5.75 Å². The van der Waals surface area contributed by atoms with Crippen LogP contribution in [-0.4, -0.2) is 19.7 Å². The average Bonchev–Trinajstić information content (AvgIpc) is 2.37. The van der Waals surface area contributed by atoms with E-state index in [1.807, 2.05) is 13.1 Å². The third-order valence-electron chi connectivity index (χ3n) is 3.77. The van der Waals surface area contributed by atoms with Gasteiger partial charge in [0.1, 0.15) is 5.75 Å². The Morgan fingerprint density at radius 3 is 2.65 bits per heavy atom. The second-order valence-electron chi connectivity index (χ2n) is 5.11. The minimum absolute atomic E-state index is 0.0810. The molecule has 0 fully saturated rings. The van der Waals surface area contributed by atoms with Crippen molar-refractivity contribution in [2.75, 3.05) is 14.2 Å². The summed E-state index contributed by atoms with van der Waals surface area (Å²) in [5.74, 6) is 0.952. The molecule has 0 bridgehead atoms. The molecule has 0 unspecified atom stereocenters. The van der Waals surface area contributed by atoms with E-state index in [1.165, 1.54) is 16.7 Å². The lowest BCUT2D eigenvalue weighted by atomic mass is 9.83. The minimum atomic E-state index is 0.0810. The van der Waals surface area contributed by atoms with Crippen molar-refractivity contribution < 1.29 is 4.74 Å². The second-order valence-corrected chi connectivity index (χ2v) is 5.11. The van der Waals surface area contributed by atoms with Gasteiger partial charge in [-0.3, -0.25) is 0 Å². The average molecular weight is 231 g/mol. The number of rotatable bonds is 3. The molecule has 2 nitrogen and oxygen atoms in total. The maximum Gasteiger partial charge on any atom is 0.119 e. The lowest BCUT2D eigenvalue weighted by Crippen LogP contribution is -2.38. The number of nitrogens with one attached hydrogen (secondary N) is 1. The molecule has 1 aromatic carbocycles. The van der Waals surface area contributed by atoms with Crippen molar-refractivity contribution in [1.82, 2.24) is 5.32 Å². The van der Waals surface area contributed by atoms with Crippen molar-refractivity contribution in [2.45, 2.75) is 32.2 Å². The van der Waals surface area contributed by atoms with Crippen LogP contribution in [0.3, 0.4) is 0 Å². The molecule has 0 saturated heterocycles. The highest BCUT2D eigenvalue weighted by atomic mass is 16.5. The topological polar surface area (TPSA) is 21.3 Å². The predicted octanol–water partition coefficient (Wildman–Crippen LogP) is 3.02. The maximum absolute atomic E-state index is 5.26. The molecule has 0 aromatic heterocycles. The number of benzene rings is 1. The summed E-state index contributed by atoms with van der Waals surface area (Å²) in [4.78, 5) is 0. The van der Waals surface area contributed by atoms with Crippen LogP contribution in [0.25, 0.3) is 6.08 Å². The molecule has 17 heavy (non-hydrogen) atoms. The van der Waals surface area contributed by atoms with Crippen LogP contribution in [0.5, 0.6) is 5.75 Å². The number of aryl methyl sites for hydroxylation is 1. The van der Waals surface area contributed by atoms with E-state index in [0.29, 0.717) is 0 Å². The van der Waals surface area contributed by atoms with Crippen LogP contribution in [0.15, 0.2) is 23.8 Å². The third-order valence-corrected chi connectivity index (χ3v) is 3.77. The van der Waals surface area contributed by atoms with Crippen LogP contribution in [0, 0.1) is 0 Å². The summed E-state index contributed by atoms with van der Waals surface area (Å²) in [7, 11) is 3.74. The lowest BCUT2D eigenvalue weighted by molar-refractivity contribution is 0.414. The highest BCUT2D eigenvalue weighted by Crippen LogP contribution is 2.31. The molecule has 1 N–H and O–H groups in total.